The molecular weight excluding hydrogens is 224 g/mol. The number of benzene rings is 1. The summed E-state index contributed by atoms with van der Waals surface area (Å²) in [4.78, 5) is 14.1. The lowest BCUT2D eigenvalue weighted by Crippen LogP contribution is -2.41. The molecule has 2 N–H and O–H groups in total. The van der Waals surface area contributed by atoms with Crippen molar-refractivity contribution in [1.82, 2.24) is 4.90 Å². The molecule has 0 radical (unpaired) electrons. The fourth-order valence-electron chi connectivity index (χ4n) is 2.79. The van der Waals surface area contributed by atoms with Crippen molar-refractivity contribution in [2.75, 3.05) is 12.3 Å². The molecular formula is C15H22N2O. The molecule has 0 heterocycles. The molecule has 0 fully saturated rings. The summed E-state index contributed by atoms with van der Waals surface area (Å²) in [6.45, 7) is 4.92. The fourth-order valence-corrected chi connectivity index (χ4v) is 2.79. The summed E-state index contributed by atoms with van der Waals surface area (Å²) in [6, 6.07) is 6.43. The Balaban J connectivity index is 2.14. The van der Waals surface area contributed by atoms with Crippen molar-refractivity contribution in [3.63, 3.8) is 0 Å². The highest BCUT2D eigenvalue weighted by molar-refractivity contribution is 5.76. The molecule has 0 aromatic heterocycles. The van der Waals surface area contributed by atoms with Gasteiger partial charge in [-0.1, -0.05) is 19.9 Å². The minimum Gasteiger partial charge on any atom is -0.399 e. The number of nitrogen functional groups attached to an aromatic ring is 1. The Morgan fingerprint density at radius 1 is 1.33 bits per heavy atom. The van der Waals surface area contributed by atoms with Gasteiger partial charge in [0.1, 0.15) is 0 Å². The van der Waals surface area contributed by atoms with Crippen molar-refractivity contribution in [3.05, 3.63) is 29.3 Å². The van der Waals surface area contributed by atoms with Crippen LogP contribution in [0, 0.1) is 0 Å². The number of fused-ring (bicyclic) bond motifs is 1. The predicted octanol–water partition coefficient (Wildman–Crippen LogP) is 2.38. The SMILES string of the molecule is CCCN(C(=O)CC)[C@@H]1Cc2ccc(N)cc2C1. The molecule has 1 aromatic carbocycles. The van der Waals surface area contributed by atoms with Gasteiger partial charge in [0.2, 0.25) is 5.91 Å². The second-order valence-corrected chi connectivity index (χ2v) is 5.03. The van der Waals surface area contributed by atoms with E-state index >= 15 is 0 Å². The molecule has 0 unspecified atom stereocenters. The van der Waals surface area contributed by atoms with Crippen LogP contribution in [0.5, 0.6) is 0 Å². The third-order valence-corrected chi connectivity index (χ3v) is 3.67. The Labute approximate surface area is 109 Å². The molecule has 1 aliphatic rings. The van der Waals surface area contributed by atoms with Crippen LogP contribution >= 0.6 is 0 Å². The molecule has 0 saturated heterocycles. The van der Waals surface area contributed by atoms with E-state index < -0.39 is 0 Å². The Hall–Kier alpha value is -1.51. The fraction of sp³-hybridized carbons (Fsp3) is 0.533. The maximum atomic E-state index is 12.0. The van der Waals surface area contributed by atoms with Crippen molar-refractivity contribution in [1.29, 1.82) is 0 Å². The number of carbonyl (C=O) groups excluding carboxylic acids is 1. The third-order valence-electron chi connectivity index (χ3n) is 3.67. The van der Waals surface area contributed by atoms with Gasteiger partial charge in [-0.2, -0.15) is 0 Å². The summed E-state index contributed by atoms with van der Waals surface area (Å²) in [5.74, 6) is 0.266. The first-order chi connectivity index (χ1) is 8.65. The summed E-state index contributed by atoms with van der Waals surface area (Å²) >= 11 is 0. The van der Waals surface area contributed by atoms with Crippen molar-refractivity contribution in [2.24, 2.45) is 0 Å². The topological polar surface area (TPSA) is 46.3 Å². The van der Waals surface area contributed by atoms with Crippen LogP contribution in [-0.2, 0) is 17.6 Å². The van der Waals surface area contributed by atoms with E-state index in [2.05, 4.69) is 24.0 Å². The normalized spacial score (nSPS) is 17.6. The van der Waals surface area contributed by atoms with Crippen LogP contribution in [0.2, 0.25) is 0 Å². The molecule has 3 heteroatoms. The van der Waals surface area contributed by atoms with E-state index in [1.807, 2.05) is 13.0 Å². The summed E-state index contributed by atoms with van der Waals surface area (Å²) in [6.07, 6.45) is 3.53. The Morgan fingerprint density at radius 3 is 2.72 bits per heavy atom. The van der Waals surface area contributed by atoms with Crippen LogP contribution in [-0.4, -0.2) is 23.4 Å². The first-order valence-corrected chi connectivity index (χ1v) is 6.82. The Bertz CT molecular complexity index is 442. The number of hydrogen-bond acceptors (Lipinski definition) is 2. The zero-order valence-corrected chi connectivity index (χ0v) is 11.3. The molecule has 0 saturated carbocycles. The minimum atomic E-state index is 0.266. The summed E-state index contributed by atoms with van der Waals surface area (Å²) in [7, 11) is 0. The van der Waals surface area contributed by atoms with Gasteiger partial charge in [0.15, 0.2) is 0 Å². The lowest BCUT2D eigenvalue weighted by atomic mass is 10.1. The summed E-state index contributed by atoms with van der Waals surface area (Å²) in [5, 5.41) is 0. The van der Waals surface area contributed by atoms with Gasteiger partial charge in [-0.3, -0.25) is 4.79 Å². The van der Waals surface area contributed by atoms with E-state index in [-0.39, 0.29) is 5.91 Å². The van der Waals surface area contributed by atoms with Crippen LogP contribution in [0.1, 0.15) is 37.8 Å². The summed E-state index contributed by atoms with van der Waals surface area (Å²) in [5.41, 5.74) is 9.29. The van der Waals surface area contributed by atoms with Crippen LogP contribution in [0.15, 0.2) is 18.2 Å². The smallest absolute Gasteiger partial charge is 0.222 e. The molecule has 0 aliphatic heterocycles. The van der Waals surface area contributed by atoms with Gasteiger partial charge < -0.3 is 10.6 Å². The number of anilines is 1. The lowest BCUT2D eigenvalue weighted by molar-refractivity contribution is -0.133. The van der Waals surface area contributed by atoms with E-state index in [0.29, 0.717) is 12.5 Å². The van der Waals surface area contributed by atoms with Crippen molar-refractivity contribution in [3.8, 4) is 0 Å². The Morgan fingerprint density at radius 2 is 2.06 bits per heavy atom. The highest BCUT2D eigenvalue weighted by atomic mass is 16.2. The highest BCUT2D eigenvalue weighted by Gasteiger charge is 2.28. The molecule has 18 heavy (non-hydrogen) atoms. The molecule has 3 nitrogen and oxygen atoms in total. The van der Waals surface area contributed by atoms with Gasteiger partial charge in [0, 0.05) is 24.7 Å². The third kappa shape index (κ3) is 2.50. The second kappa shape index (κ2) is 5.42. The van der Waals surface area contributed by atoms with E-state index in [0.717, 1.165) is 31.5 Å². The largest absolute Gasteiger partial charge is 0.399 e. The van der Waals surface area contributed by atoms with Crippen molar-refractivity contribution in [2.45, 2.75) is 45.6 Å². The zero-order chi connectivity index (χ0) is 13.1. The van der Waals surface area contributed by atoms with E-state index in [4.69, 9.17) is 5.73 Å². The molecule has 0 bridgehead atoms. The van der Waals surface area contributed by atoms with Gasteiger partial charge in [0.05, 0.1) is 0 Å². The lowest BCUT2D eigenvalue weighted by Gasteiger charge is -2.28. The van der Waals surface area contributed by atoms with Crippen LogP contribution < -0.4 is 5.73 Å². The minimum absolute atomic E-state index is 0.266. The first-order valence-electron chi connectivity index (χ1n) is 6.82. The standard InChI is InChI=1S/C15H22N2O/c1-3-7-17(15(18)4-2)14-9-11-5-6-13(16)8-12(11)10-14/h5-6,8,14H,3-4,7,9-10,16H2,1-2H3/t14-/m1/s1. The quantitative estimate of drug-likeness (QED) is 0.829. The molecule has 0 spiro atoms. The van der Waals surface area contributed by atoms with Gasteiger partial charge in [-0.25, -0.2) is 0 Å². The number of nitrogens with two attached hydrogens (primary N) is 1. The van der Waals surface area contributed by atoms with E-state index in [1.54, 1.807) is 0 Å². The van der Waals surface area contributed by atoms with Crippen LogP contribution in [0.4, 0.5) is 5.69 Å². The molecule has 1 aromatic rings. The van der Waals surface area contributed by atoms with Gasteiger partial charge >= 0.3 is 0 Å². The zero-order valence-electron chi connectivity index (χ0n) is 11.3. The number of nitrogens with zero attached hydrogens (tertiary/aromatic N) is 1. The number of amides is 1. The number of rotatable bonds is 4. The monoisotopic (exact) mass is 246 g/mol. The van der Waals surface area contributed by atoms with Crippen molar-refractivity contribution < 1.29 is 4.79 Å². The molecule has 1 amide bonds. The average molecular weight is 246 g/mol. The highest BCUT2D eigenvalue weighted by Crippen LogP contribution is 2.27. The molecule has 98 valence electrons. The molecule has 1 atom stereocenters. The number of hydrogen-bond donors (Lipinski definition) is 1. The van der Waals surface area contributed by atoms with Gasteiger partial charge in [-0.05, 0) is 42.5 Å². The predicted molar refractivity (Wildman–Crippen MR) is 74.3 cm³/mol. The maximum absolute atomic E-state index is 12.0. The maximum Gasteiger partial charge on any atom is 0.222 e. The average Bonchev–Trinajstić information content (AvgIpc) is 2.77. The van der Waals surface area contributed by atoms with Crippen LogP contribution in [0.3, 0.4) is 0 Å². The first kappa shape index (κ1) is 12.9. The van der Waals surface area contributed by atoms with Crippen LogP contribution in [0.25, 0.3) is 0 Å². The summed E-state index contributed by atoms with van der Waals surface area (Å²) < 4.78 is 0. The van der Waals surface area contributed by atoms with Gasteiger partial charge in [-0.15, -0.1) is 0 Å². The van der Waals surface area contributed by atoms with E-state index in [1.165, 1.54) is 11.1 Å². The van der Waals surface area contributed by atoms with Crippen molar-refractivity contribution >= 4 is 11.6 Å². The van der Waals surface area contributed by atoms with Gasteiger partial charge in [0.25, 0.3) is 0 Å². The molecule has 1 aliphatic carbocycles. The molecule has 2 rings (SSSR count). The Kier molecular flexibility index (Phi) is 3.90. The number of carbonyl (C=O) groups is 1. The second-order valence-electron chi connectivity index (χ2n) is 5.03. The van der Waals surface area contributed by atoms with E-state index in [9.17, 15) is 4.79 Å².